The summed E-state index contributed by atoms with van der Waals surface area (Å²) in [6, 6.07) is 3.41. The number of fused-ring (bicyclic) bond motifs is 1. The highest BCUT2D eigenvalue weighted by Gasteiger charge is 2.21. The number of hydrogen-bond donors (Lipinski definition) is 1. The van der Waals surface area contributed by atoms with Crippen molar-refractivity contribution in [2.75, 3.05) is 12.0 Å². The zero-order valence-corrected chi connectivity index (χ0v) is 10.6. The van der Waals surface area contributed by atoms with E-state index in [-0.39, 0.29) is 22.2 Å². The molecule has 0 fully saturated rings. The van der Waals surface area contributed by atoms with Crippen LogP contribution in [0.4, 0.5) is 0 Å². The largest absolute Gasteiger partial charge is 0.868 e. The van der Waals surface area contributed by atoms with Crippen LogP contribution in [-0.2, 0) is 10.9 Å². The van der Waals surface area contributed by atoms with Gasteiger partial charge in [0.1, 0.15) is 17.7 Å². The lowest BCUT2D eigenvalue weighted by atomic mass is 10.3. The first-order chi connectivity index (χ1) is 8.15. The van der Waals surface area contributed by atoms with Gasteiger partial charge in [0, 0.05) is 22.5 Å². The van der Waals surface area contributed by atoms with E-state index < -0.39 is 0 Å². The second kappa shape index (κ2) is 4.79. The summed E-state index contributed by atoms with van der Waals surface area (Å²) in [7, 11) is -0.297. The normalized spacial score (nSPS) is 12.8. The number of nitrogens with zero attached hydrogens (tertiary/aromatic N) is 1. The molecule has 0 bridgehead atoms. The summed E-state index contributed by atoms with van der Waals surface area (Å²) in [5, 5.41) is 12.7. The van der Waals surface area contributed by atoms with E-state index in [4.69, 9.17) is 0 Å². The molecule has 1 N–H and O–H groups in total. The van der Waals surface area contributed by atoms with E-state index in [9.17, 15) is 9.90 Å². The van der Waals surface area contributed by atoms with Gasteiger partial charge in [-0.3, -0.25) is 4.79 Å². The van der Waals surface area contributed by atoms with Crippen LogP contribution < -0.4 is 10.7 Å². The first kappa shape index (κ1) is 12.0. The molecule has 0 spiro atoms. The third-order valence-electron chi connectivity index (χ3n) is 2.56. The maximum absolute atomic E-state index is 12.2. The maximum Gasteiger partial charge on any atom is 0.304 e. The highest BCUT2D eigenvalue weighted by molar-refractivity contribution is 7.96. The molecule has 4 nitrogen and oxygen atoms in total. The fourth-order valence-electron chi connectivity index (χ4n) is 1.80. The molecule has 0 saturated heterocycles. The van der Waals surface area contributed by atoms with Crippen LogP contribution in [0.2, 0.25) is 0 Å². The van der Waals surface area contributed by atoms with Crippen molar-refractivity contribution in [3.63, 3.8) is 0 Å². The minimum atomic E-state index is -0.297. The summed E-state index contributed by atoms with van der Waals surface area (Å²) in [5.74, 6) is 0.695. The van der Waals surface area contributed by atoms with Crippen molar-refractivity contribution in [2.24, 2.45) is 0 Å². The number of nitrogens with one attached hydrogen (secondary N) is 1. The monoisotopic (exact) mass is 250 g/mol. The molecule has 2 heterocycles. The van der Waals surface area contributed by atoms with Gasteiger partial charge in [-0.25, -0.2) is 4.98 Å². The smallest absolute Gasteiger partial charge is 0.304 e. The van der Waals surface area contributed by atoms with E-state index in [1.165, 1.54) is 0 Å². The van der Waals surface area contributed by atoms with E-state index in [0.29, 0.717) is 15.9 Å². The highest BCUT2D eigenvalue weighted by Crippen LogP contribution is 2.24. The standard InChI is InChI=1S/C12H14N2O2S/c1-3-7-17(2)10-9(15)8-5-4-6-13-11(8)14-12(10)16/h4-6H,3,7H2,1-2H3,(H-,13,14,15,16). The van der Waals surface area contributed by atoms with Crippen LogP contribution in [0.5, 0.6) is 5.75 Å². The SMILES string of the molecule is CCC[S+](C)c1c([O-])c2cccnc2[nH]c1=O. The van der Waals surface area contributed by atoms with Crippen molar-refractivity contribution in [2.45, 2.75) is 18.2 Å². The molecule has 0 saturated carbocycles. The molecule has 17 heavy (non-hydrogen) atoms. The van der Waals surface area contributed by atoms with E-state index in [2.05, 4.69) is 9.97 Å². The van der Waals surface area contributed by atoms with Crippen molar-refractivity contribution in [3.8, 4) is 5.75 Å². The average molecular weight is 250 g/mol. The lowest BCUT2D eigenvalue weighted by Crippen LogP contribution is -2.22. The minimum absolute atomic E-state index is 0.170. The Bertz CT molecular complexity index is 595. The predicted octanol–water partition coefficient (Wildman–Crippen LogP) is 1.01. The minimum Gasteiger partial charge on any atom is -0.868 e. The molecule has 0 aliphatic carbocycles. The van der Waals surface area contributed by atoms with Gasteiger partial charge in [-0.05, 0) is 18.2 Å². The number of hydrogen-bond acceptors (Lipinski definition) is 3. The highest BCUT2D eigenvalue weighted by atomic mass is 32.2. The Morgan fingerprint density at radius 1 is 1.53 bits per heavy atom. The zero-order chi connectivity index (χ0) is 12.4. The topological polar surface area (TPSA) is 68.8 Å². The van der Waals surface area contributed by atoms with Gasteiger partial charge in [-0.15, -0.1) is 0 Å². The average Bonchev–Trinajstić information content (AvgIpc) is 2.29. The van der Waals surface area contributed by atoms with Crippen molar-refractivity contribution in [1.82, 2.24) is 9.97 Å². The molecule has 2 rings (SSSR count). The van der Waals surface area contributed by atoms with Crippen LogP contribution in [0.15, 0.2) is 28.0 Å². The van der Waals surface area contributed by atoms with Gasteiger partial charge in [0.15, 0.2) is 0 Å². The van der Waals surface area contributed by atoms with E-state index in [1.54, 1.807) is 18.3 Å². The maximum atomic E-state index is 12.2. The molecule has 0 aliphatic rings. The van der Waals surface area contributed by atoms with E-state index in [0.717, 1.165) is 12.2 Å². The van der Waals surface area contributed by atoms with Crippen LogP contribution in [0, 0.1) is 0 Å². The molecule has 2 aromatic heterocycles. The Labute approximate surface area is 102 Å². The van der Waals surface area contributed by atoms with Crippen LogP contribution in [0.1, 0.15) is 13.3 Å². The molecule has 0 radical (unpaired) electrons. The first-order valence-electron chi connectivity index (χ1n) is 5.45. The number of aromatic nitrogens is 2. The molecule has 1 atom stereocenters. The van der Waals surface area contributed by atoms with Gasteiger partial charge in [-0.2, -0.15) is 0 Å². The van der Waals surface area contributed by atoms with E-state index >= 15 is 0 Å². The molecule has 90 valence electrons. The Balaban J connectivity index is 2.68. The summed E-state index contributed by atoms with van der Waals surface area (Å²) in [4.78, 5) is 18.9. The van der Waals surface area contributed by atoms with Gasteiger partial charge >= 0.3 is 5.56 Å². The van der Waals surface area contributed by atoms with Gasteiger partial charge in [-0.1, -0.05) is 13.0 Å². The lowest BCUT2D eigenvalue weighted by molar-refractivity contribution is -0.270. The van der Waals surface area contributed by atoms with Crippen LogP contribution in [-0.4, -0.2) is 22.0 Å². The molecular formula is C12H14N2O2S. The van der Waals surface area contributed by atoms with Crippen LogP contribution in [0.3, 0.4) is 0 Å². The quantitative estimate of drug-likeness (QED) is 0.827. The molecular weight excluding hydrogens is 236 g/mol. The second-order valence-electron chi connectivity index (χ2n) is 3.85. The summed E-state index contributed by atoms with van der Waals surface area (Å²) < 4.78 is 0. The third kappa shape index (κ3) is 2.15. The number of aromatic amines is 1. The fourth-order valence-corrected chi connectivity index (χ4v) is 3.41. The lowest BCUT2D eigenvalue weighted by Gasteiger charge is -2.13. The van der Waals surface area contributed by atoms with Gasteiger partial charge in [0.05, 0.1) is 0 Å². The number of H-pyrrole nitrogens is 1. The first-order valence-corrected chi connectivity index (χ1v) is 7.26. The summed E-state index contributed by atoms with van der Waals surface area (Å²) >= 11 is 0. The molecule has 1 unspecified atom stereocenters. The van der Waals surface area contributed by atoms with E-state index in [1.807, 2.05) is 13.2 Å². The summed E-state index contributed by atoms with van der Waals surface area (Å²) in [6.45, 7) is 2.05. The van der Waals surface area contributed by atoms with Gasteiger partial charge in [0.2, 0.25) is 4.90 Å². The predicted molar refractivity (Wildman–Crippen MR) is 68.5 cm³/mol. The Morgan fingerprint density at radius 3 is 3.00 bits per heavy atom. The second-order valence-corrected chi connectivity index (χ2v) is 5.94. The van der Waals surface area contributed by atoms with Crippen LogP contribution in [0.25, 0.3) is 11.0 Å². The molecule has 0 aromatic carbocycles. The fraction of sp³-hybridized carbons (Fsp3) is 0.333. The van der Waals surface area contributed by atoms with Crippen molar-refractivity contribution in [1.29, 1.82) is 0 Å². The van der Waals surface area contributed by atoms with Crippen molar-refractivity contribution in [3.05, 3.63) is 28.7 Å². The van der Waals surface area contributed by atoms with Gasteiger partial charge in [0.25, 0.3) is 0 Å². The molecule has 0 aliphatic heterocycles. The Hall–Kier alpha value is -1.49. The molecule has 2 aromatic rings. The Kier molecular flexibility index (Phi) is 3.38. The summed E-state index contributed by atoms with van der Waals surface area (Å²) in [5.41, 5.74) is 0.0835. The zero-order valence-electron chi connectivity index (χ0n) is 9.82. The summed E-state index contributed by atoms with van der Waals surface area (Å²) in [6.07, 6.45) is 4.47. The van der Waals surface area contributed by atoms with Crippen LogP contribution >= 0.6 is 0 Å². The third-order valence-corrected chi connectivity index (χ3v) is 4.64. The van der Waals surface area contributed by atoms with Crippen molar-refractivity contribution >= 4 is 21.9 Å². The number of pyridine rings is 2. The molecule has 0 amide bonds. The number of rotatable bonds is 3. The Morgan fingerprint density at radius 2 is 2.29 bits per heavy atom. The molecule has 5 heteroatoms. The van der Waals surface area contributed by atoms with Crippen molar-refractivity contribution < 1.29 is 5.11 Å². The van der Waals surface area contributed by atoms with Gasteiger partial charge < -0.3 is 10.1 Å².